The molecule has 2 rings (SSSR count). The molecular formula is C7H10N4O. The summed E-state index contributed by atoms with van der Waals surface area (Å²) in [5, 5.41) is 6.72. The fraction of sp³-hybridized carbons (Fsp3) is 0.571. The van der Waals surface area contributed by atoms with Crippen molar-refractivity contribution in [1.29, 1.82) is 0 Å². The van der Waals surface area contributed by atoms with E-state index in [4.69, 9.17) is 0 Å². The van der Waals surface area contributed by atoms with E-state index in [0.29, 0.717) is 13.0 Å². The van der Waals surface area contributed by atoms with E-state index in [1.165, 1.54) is 6.33 Å². The predicted molar refractivity (Wildman–Crippen MR) is 41.4 cm³/mol. The summed E-state index contributed by atoms with van der Waals surface area (Å²) in [5.74, 6) is 1.18. The molecule has 0 spiro atoms. The van der Waals surface area contributed by atoms with E-state index in [1.54, 1.807) is 4.68 Å². The average molecular weight is 166 g/mol. The van der Waals surface area contributed by atoms with Crippen molar-refractivity contribution in [2.45, 2.75) is 12.3 Å². The van der Waals surface area contributed by atoms with Gasteiger partial charge in [0.25, 0.3) is 0 Å². The Bertz CT molecular complexity index is 306. The lowest BCUT2D eigenvalue weighted by molar-refractivity contribution is -0.119. The fourth-order valence-electron chi connectivity index (χ4n) is 1.46. The van der Waals surface area contributed by atoms with Crippen molar-refractivity contribution in [3.63, 3.8) is 0 Å². The molecule has 1 amide bonds. The van der Waals surface area contributed by atoms with Crippen LogP contribution < -0.4 is 5.32 Å². The largest absolute Gasteiger partial charge is 0.355 e. The van der Waals surface area contributed by atoms with Crippen molar-refractivity contribution in [2.24, 2.45) is 7.05 Å². The number of hydrogen-bond donors (Lipinski definition) is 1. The first kappa shape index (κ1) is 7.27. The van der Waals surface area contributed by atoms with E-state index < -0.39 is 0 Å². The molecule has 5 heteroatoms. The highest BCUT2D eigenvalue weighted by atomic mass is 16.1. The number of nitrogens with one attached hydrogen (secondary N) is 1. The zero-order chi connectivity index (χ0) is 8.55. The second kappa shape index (κ2) is 2.58. The highest BCUT2D eigenvalue weighted by Gasteiger charge is 2.26. The Morgan fingerprint density at radius 1 is 1.75 bits per heavy atom. The minimum Gasteiger partial charge on any atom is -0.355 e. The van der Waals surface area contributed by atoms with Crippen molar-refractivity contribution in [1.82, 2.24) is 20.1 Å². The highest BCUT2D eigenvalue weighted by molar-refractivity contribution is 5.79. The predicted octanol–water partition coefficient (Wildman–Crippen LogP) is -0.581. The van der Waals surface area contributed by atoms with Crippen LogP contribution in [0.1, 0.15) is 18.2 Å². The Morgan fingerprint density at radius 2 is 2.58 bits per heavy atom. The Morgan fingerprint density at radius 3 is 3.08 bits per heavy atom. The maximum absolute atomic E-state index is 10.9. The van der Waals surface area contributed by atoms with Gasteiger partial charge in [-0.25, -0.2) is 4.98 Å². The van der Waals surface area contributed by atoms with E-state index in [-0.39, 0.29) is 11.8 Å². The zero-order valence-corrected chi connectivity index (χ0v) is 6.82. The second-order valence-corrected chi connectivity index (χ2v) is 2.95. The molecule has 1 aromatic rings. The first-order valence-corrected chi connectivity index (χ1v) is 3.88. The van der Waals surface area contributed by atoms with Gasteiger partial charge in [0.15, 0.2) is 0 Å². The number of aryl methyl sites for hydroxylation is 1. The van der Waals surface area contributed by atoms with Crippen LogP contribution in [-0.2, 0) is 11.8 Å². The number of aromatic nitrogens is 3. The van der Waals surface area contributed by atoms with E-state index in [9.17, 15) is 4.79 Å². The van der Waals surface area contributed by atoms with Gasteiger partial charge < -0.3 is 5.32 Å². The van der Waals surface area contributed by atoms with Gasteiger partial charge in [0.1, 0.15) is 12.2 Å². The van der Waals surface area contributed by atoms with Crippen LogP contribution in [0.3, 0.4) is 0 Å². The Hall–Kier alpha value is -1.39. The third-order valence-corrected chi connectivity index (χ3v) is 2.09. The molecule has 0 saturated carbocycles. The van der Waals surface area contributed by atoms with Crippen LogP contribution in [0.25, 0.3) is 0 Å². The third kappa shape index (κ3) is 1.07. The van der Waals surface area contributed by atoms with Crippen LogP contribution >= 0.6 is 0 Å². The molecule has 1 atom stereocenters. The molecular weight excluding hydrogens is 156 g/mol. The lowest BCUT2D eigenvalue weighted by Gasteiger charge is -2.04. The lowest BCUT2D eigenvalue weighted by Crippen LogP contribution is -2.14. The molecule has 0 bridgehead atoms. The van der Waals surface area contributed by atoms with Crippen molar-refractivity contribution in [3.05, 3.63) is 12.2 Å². The summed E-state index contributed by atoms with van der Waals surface area (Å²) in [6.07, 6.45) is 2.05. The van der Waals surface area contributed by atoms with Gasteiger partial charge in [-0.15, -0.1) is 0 Å². The molecule has 1 saturated heterocycles. The van der Waals surface area contributed by atoms with Gasteiger partial charge in [-0.1, -0.05) is 0 Å². The molecule has 0 aromatic carbocycles. The number of carbonyl (C=O) groups is 1. The molecule has 1 aromatic heterocycles. The van der Waals surface area contributed by atoms with Crippen LogP contribution in [-0.4, -0.2) is 27.2 Å². The molecule has 64 valence electrons. The van der Waals surface area contributed by atoms with E-state index >= 15 is 0 Å². The number of carbonyl (C=O) groups excluding carboxylic acids is 1. The van der Waals surface area contributed by atoms with Crippen molar-refractivity contribution >= 4 is 5.91 Å². The summed E-state index contributed by atoms with van der Waals surface area (Å²) in [6.45, 7) is 0.686. The summed E-state index contributed by atoms with van der Waals surface area (Å²) in [7, 11) is 1.84. The molecule has 1 N–H and O–H groups in total. The Kier molecular flexibility index (Phi) is 1.56. The second-order valence-electron chi connectivity index (χ2n) is 2.95. The maximum atomic E-state index is 10.9. The average Bonchev–Trinajstić information content (AvgIpc) is 2.58. The summed E-state index contributed by atoms with van der Waals surface area (Å²) >= 11 is 0. The minimum atomic E-state index is 0.100. The smallest absolute Gasteiger partial charge is 0.220 e. The zero-order valence-electron chi connectivity index (χ0n) is 6.82. The van der Waals surface area contributed by atoms with Crippen molar-refractivity contribution < 1.29 is 4.79 Å². The van der Waals surface area contributed by atoms with Crippen molar-refractivity contribution in [3.8, 4) is 0 Å². The van der Waals surface area contributed by atoms with Gasteiger partial charge in [0, 0.05) is 25.9 Å². The van der Waals surface area contributed by atoms with Gasteiger partial charge >= 0.3 is 0 Å². The van der Waals surface area contributed by atoms with Crippen LogP contribution in [0.4, 0.5) is 0 Å². The van der Waals surface area contributed by atoms with Crippen LogP contribution in [0, 0.1) is 0 Å². The first-order chi connectivity index (χ1) is 5.77. The van der Waals surface area contributed by atoms with Crippen LogP contribution in [0.2, 0.25) is 0 Å². The number of hydrogen-bond acceptors (Lipinski definition) is 3. The molecule has 1 aliphatic rings. The molecule has 1 fully saturated rings. The van der Waals surface area contributed by atoms with Gasteiger partial charge in [0.05, 0.1) is 0 Å². The topological polar surface area (TPSA) is 59.8 Å². The number of amides is 1. The first-order valence-electron chi connectivity index (χ1n) is 3.88. The quantitative estimate of drug-likeness (QED) is 0.607. The van der Waals surface area contributed by atoms with E-state index in [2.05, 4.69) is 15.4 Å². The number of rotatable bonds is 1. The Balaban J connectivity index is 2.21. The monoisotopic (exact) mass is 166 g/mol. The fourth-order valence-corrected chi connectivity index (χ4v) is 1.46. The molecule has 1 aliphatic heterocycles. The van der Waals surface area contributed by atoms with Gasteiger partial charge in [-0.05, 0) is 0 Å². The van der Waals surface area contributed by atoms with Crippen molar-refractivity contribution in [2.75, 3.05) is 6.54 Å². The lowest BCUT2D eigenvalue weighted by atomic mass is 10.1. The molecule has 0 radical (unpaired) electrons. The van der Waals surface area contributed by atoms with E-state index in [0.717, 1.165) is 5.82 Å². The normalized spacial score (nSPS) is 22.8. The summed E-state index contributed by atoms with van der Waals surface area (Å²) < 4.78 is 1.71. The summed E-state index contributed by atoms with van der Waals surface area (Å²) in [5.41, 5.74) is 0. The molecule has 2 heterocycles. The van der Waals surface area contributed by atoms with Crippen LogP contribution in [0.5, 0.6) is 0 Å². The third-order valence-electron chi connectivity index (χ3n) is 2.09. The number of nitrogens with zero attached hydrogens (tertiary/aromatic N) is 3. The van der Waals surface area contributed by atoms with E-state index in [1.807, 2.05) is 7.05 Å². The highest BCUT2D eigenvalue weighted by Crippen LogP contribution is 2.19. The summed E-state index contributed by atoms with van der Waals surface area (Å²) in [4.78, 5) is 15.0. The van der Waals surface area contributed by atoms with Gasteiger partial charge in [0.2, 0.25) is 5.91 Å². The minimum absolute atomic E-state index is 0.100. The molecule has 12 heavy (non-hydrogen) atoms. The summed E-state index contributed by atoms with van der Waals surface area (Å²) in [6, 6.07) is 0. The SMILES string of the molecule is Cn1ncnc1C1CNC(=O)C1. The van der Waals surface area contributed by atoms with Gasteiger partial charge in [-0.3, -0.25) is 9.48 Å². The molecule has 1 unspecified atom stereocenters. The Labute approximate surface area is 69.8 Å². The molecule has 0 aliphatic carbocycles. The maximum Gasteiger partial charge on any atom is 0.220 e. The molecule has 5 nitrogen and oxygen atoms in total. The van der Waals surface area contributed by atoms with Gasteiger partial charge in [-0.2, -0.15) is 5.10 Å². The standard InChI is InChI=1S/C7H10N4O/c1-11-7(9-4-10-11)5-2-6(12)8-3-5/h4-5H,2-3H2,1H3,(H,8,12). The van der Waals surface area contributed by atoms with Crippen LogP contribution in [0.15, 0.2) is 6.33 Å².